The van der Waals surface area contributed by atoms with Gasteiger partial charge in [-0.05, 0) is 32.9 Å². The maximum Gasteiger partial charge on any atom is 0.273 e. The van der Waals surface area contributed by atoms with E-state index in [0.717, 1.165) is 11.1 Å². The first-order valence-corrected chi connectivity index (χ1v) is 12.0. The summed E-state index contributed by atoms with van der Waals surface area (Å²) in [6.07, 6.45) is 3.36. The van der Waals surface area contributed by atoms with Crippen molar-refractivity contribution in [3.05, 3.63) is 41.7 Å². The Hall–Kier alpha value is -4.09. The van der Waals surface area contributed by atoms with Crippen molar-refractivity contribution in [2.75, 3.05) is 36.4 Å². The maximum absolute atomic E-state index is 13.2. The highest BCUT2D eigenvalue weighted by atomic mass is 16.5. The van der Waals surface area contributed by atoms with Gasteiger partial charge >= 0.3 is 0 Å². The van der Waals surface area contributed by atoms with Crippen LogP contribution in [0.25, 0.3) is 11.4 Å². The second-order valence-electron chi connectivity index (χ2n) is 9.28. The normalized spacial score (nSPS) is 16.5. The summed E-state index contributed by atoms with van der Waals surface area (Å²) in [6, 6.07) is 3.33. The number of nitrogens with one attached hydrogen (secondary N) is 1. The third kappa shape index (κ3) is 4.45. The van der Waals surface area contributed by atoms with Crippen molar-refractivity contribution >= 4 is 23.6 Å². The number of pyridine rings is 1. The molecule has 1 atom stereocenters. The second-order valence-corrected chi connectivity index (χ2v) is 9.28. The summed E-state index contributed by atoms with van der Waals surface area (Å²) in [5.41, 5.74) is 1.91. The Labute approximate surface area is 208 Å². The van der Waals surface area contributed by atoms with Crippen molar-refractivity contribution in [2.24, 2.45) is 0 Å². The molecule has 0 radical (unpaired) electrons. The van der Waals surface area contributed by atoms with E-state index in [0.29, 0.717) is 61.9 Å². The van der Waals surface area contributed by atoms with Gasteiger partial charge in [0.1, 0.15) is 17.6 Å². The van der Waals surface area contributed by atoms with E-state index in [1.165, 1.54) is 0 Å². The predicted molar refractivity (Wildman–Crippen MR) is 131 cm³/mol. The molecule has 12 nitrogen and oxygen atoms in total. The minimum Gasteiger partial charge on any atom is -0.358 e. The summed E-state index contributed by atoms with van der Waals surface area (Å²) in [4.78, 5) is 48.6. The Morgan fingerprint density at radius 2 is 1.89 bits per heavy atom. The van der Waals surface area contributed by atoms with Crippen LogP contribution in [0.2, 0.25) is 0 Å². The molecule has 2 amide bonds. The van der Waals surface area contributed by atoms with E-state index in [-0.39, 0.29) is 23.9 Å². The van der Waals surface area contributed by atoms with Crippen LogP contribution in [0.3, 0.4) is 0 Å². The van der Waals surface area contributed by atoms with Crippen LogP contribution in [-0.4, -0.2) is 78.9 Å². The number of anilines is 2. The van der Waals surface area contributed by atoms with Crippen LogP contribution in [0.5, 0.6) is 0 Å². The Balaban J connectivity index is 1.43. The van der Waals surface area contributed by atoms with Crippen LogP contribution in [0, 0.1) is 0 Å². The van der Waals surface area contributed by atoms with Crippen LogP contribution in [0.4, 0.5) is 11.8 Å². The Bertz CT molecular complexity index is 1270. The van der Waals surface area contributed by atoms with Gasteiger partial charge in [0.15, 0.2) is 0 Å². The predicted octanol–water partition coefficient (Wildman–Crippen LogP) is 2.13. The highest BCUT2D eigenvalue weighted by molar-refractivity contribution is 5.98. The average Bonchev–Trinajstić information content (AvgIpc) is 3.50. The number of fused-ring (bicyclic) bond motifs is 1. The van der Waals surface area contributed by atoms with Crippen molar-refractivity contribution in [1.82, 2.24) is 34.9 Å². The minimum absolute atomic E-state index is 0.0255. The molecule has 12 heteroatoms. The van der Waals surface area contributed by atoms with Crippen LogP contribution in [-0.2, 0) is 11.3 Å². The molecule has 0 spiro atoms. The molecule has 0 saturated carbocycles. The van der Waals surface area contributed by atoms with Crippen LogP contribution in [0.1, 0.15) is 55.7 Å². The summed E-state index contributed by atoms with van der Waals surface area (Å²) in [7, 11) is 0. The van der Waals surface area contributed by atoms with Gasteiger partial charge in [-0.3, -0.25) is 14.6 Å². The minimum atomic E-state index is -0.368. The molecule has 1 saturated heterocycles. The van der Waals surface area contributed by atoms with Crippen molar-refractivity contribution in [3.8, 4) is 11.4 Å². The lowest BCUT2D eigenvalue weighted by molar-refractivity contribution is -0.129. The molecule has 36 heavy (non-hydrogen) atoms. The number of piperazine rings is 1. The molecule has 1 N–H and O–H groups in total. The van der Waals surface area contributed by atoms with Gasteiger partial charge in [-0.1, -0.05) is 5.16 Å². The monoisotopic (exact) mass is 491 g/mol. The van der Waals surface area contributed by atoms with Gasteiger partial charge in [-0.15, -0.1) is 0 Å². The van der Waals surface area contributed by atoms with Crippen LogP contribution < -0.4 is 10.2 Å². The van der Waals surface area contributed by atoms with Gasteiger partial charge in [0, 0.05) is 62.7 Å². The molecule has 2 aliphatic rings. The Morgan fingerprint density at radius 1 is 1.11 bits per heavy atom. The smallest absolute Gasteiger partial charge is 0.273 e. The van der Waals surface area contributed by atoms with Gasteiger partial charge in [-0.2, -0.15) is 9.97 Å². The standard InChI is InChI=1S/C24H29N9O3/c1-14(2)33-13-18-19(23(33)35)27-24(32-10-8-31(9-11-32)16(4)34)29-21(18)26-15(3)22-28-20(30-36-22)17-6-5-7-25-12-17/h5-7,12,14-15H,8-11,13H2,1-4H3,(H,26,27,29). The number of amides is 2. The lowest BCUT2D eigenvalue weighted by atomic mass is 10.2. The van der Waals surface area contributed by atoms with E-state index in [1.807, 2.05) is 37.8 Å². The zero-order valence-corrected chi connectivity index (χ0v) is 20.8. The molecular formula is C24H29N9O3. The number of aromatic nitrogens is 5. The molecule has 3 aromatic rings. The molecule has 1 unspecified atom stereocenters. The first kappa shape index (κ1) is 23.6. The van der Waals surface area contributed by atoms with E-state index >= 15 is 0 Å². The number of carbonyl (C=O) groups is 2. The van der Waals surface area contributed by atoms with Gasteiger partial charge < -0.3 is 24.5 Å². The van der Waals surface area contributed by atoms with Gasteiger partial charge in [-0.25, -0.2) is 4.98 Å². The first-order chi connectivity index (χ1) is 17.3. The SMILES string of the molecule is CC(=O)N1CCN(c2nc(NC(C)c3nc(-c4cccnc4)no3)c3c(n2)C(=O)N(C(C)C)C3)CC1. The number of carbonyl (C=O) groups excluding carboxylic acids is 2. The number of hydrogen-bond acceptors (Lipinski definition) is 10. The molecule has 0 aromatic carbocycles. The molecule has 2 aliphatic heterocycles. The van der Waals surface area contributed by atoms with Gasteiger partial charge in [0.05, 0.1) is 6.54 Å². The fourth-order valence-electron chi connectivity index (χ4n) is 4.37. The molecular weight excluding hydrogens is 462 g/mol. The van der Waals surface area contributed by atoms with Crippen molar-refractivity contribution < 1.29 is 14.1 Å². The van der Waals surface area contributed by atoms with E-state index in [9.17, 15) is 9.59 Å². The van der Waals surface area contributed by atoms with Crippen molar-refractivity contribution in [1.29, 1.82) is 0 Å². The summed E-state index contributed by atoms with van der Waals surface area (Å²) in [5.74, 6) is 1.81. The van der Waals surface area contributed by atoms with Crippen molar-refractivity contribution in [2.45, 2.75) is 46.3 Å². The zero-order valence-electron chi connectivity index (χ0n) is 20.8. The molecule has 5 rings (SSSR count). The number of rotatable bonds is 6. The van der Waals surface area contributed by atoms with Gasteiger partial charge in [0.25, 0.3) is 5.91 Å². The third-order valence-electron chi connectivity index (χ3n) is 6.50. The Morgan fingerprint density at radius 3 is 2.56 bits per heavy atom. The average molecular weight is 492 g/mol. The second kappa shape index (κ2) is 9.51. The van der Waals surface area contributed by atoms with Crippen LogP contribution >= 0.6 is 0 Å². The van der Waals surface area contributed by atoms with E-state index in [4.69, 9.17) is 9.51 Å². The number of nitrogens with zero attached hydrogens (tertiary/aromatic N) is 8. The highest BCUT2D eigenvalue weighted by Gasteiger charge is 2.36. The lowest BCUT2D eigenvalue weighted by Gasteiger charge is -2.34. The summed E-state index contributed by atoms with van der Waals surface area (Å²) in [5, 5.41) is 7.46. The largest absolute Gasteiger partial charge is 0.358 e. The maximum atomic E-state index is 13.2. The highest BCUT2D eigenvalue weighted by Crippen LogP contribution is 2.32. The third-order valence-corrected chi connectivity index (χ3v) is 6.50. The molecule has 0 aliphatic carbocycles. The van der Waals surface area contributed by atoms with Crippen molar-refractivity contribution in [3.63, 3.8) is 0 Å². The molecule has 3 aromatic heterocycles. The quantitative estimate of drug-likeness (QED) is 0.546. The fraction of sp³-hybridized carbons (Fsp3) is 0.458. The molecule has 1 fully saturated rings. The van der Waals surface area contributed by atoms with E-state index in [1.54, 1.807) is 29.1 Å². The zero-order chi connectivity index (χ0) is 25.4. The van der Waals surface area contributed by atoms with Crippen LogP contribution in [0.15, 0.2) is 29.0 Å². The first-order valence-electron chi connectivity index (χ1n) is 12.0. The lowest BCUT2D eigenvalue weighted by Crippen LogP contribution is -2.48. The molecule has 5 heterocycles. The number of hydrogen-bond donors (Lipinski definition) is 1. The Kier molecular flexibility index (Phi) is 6.25. The fourth-order valence-corrected chi connectivity index (χ4v) is 4.37. The molecule has 0 bridgehead atoms. The molecule has 188 valence electrons. The van der Waals surface area contributed by atoms with Gasteiger partial charge in [0.2, 0.25) is 23.6 Å². The summed E-state index contributed by atoms with van der Waals surface area (Å²) < 4.78 is 5.51. The summed E-state index contributed by atoms with van der Waals surface area (Å²) >= 11 is 0. The van der Waals surface area contributed by atoms with E-state index < -0.39 is 0 Å². The van der Waals surface area contributed by atoms with E-state index in [2.05, 4.69) is 25.4 Å². The summed E-state index contributed by atoms with van der Waals surface area (Å²) in [6.45, 7) is 10.2. The topological polar surface area (TPSA) is 133 Å².